The van der Waals surface area contributed by atoms with Gasteiger partial charge in [-0.05, 0) is 54.8 Å². The van der Waals surface area contributed by atoms with Gasteiger partial charge in [-0.3, -0.25) is 0 Å². The van der Waals surface area contributed by atoms with Crippen LogP contribution < -0.4 is 5.30 Å². The largest absolute Gasteiger partial charge is 0.0687 e. The fourth-order valence-electron chi connectivity index (χ4n) is 2.25. The van der Waals surface area contributed by atoms with Crippen LogP contribution in [0.1, 0.15) is 31.2 Å². The molecule has 1 aromatic carbocycles. The van der Waals surface area contributed by atoms with Crippen LogP contribution in [-0.2, 0) is 0 Å². The summed E-state index contributed by atoms with van der Waals surface area (Å²) in [7, 11) is 0.228. The van der Waals surface area contributed by atoms with Crippen LogP contribution in [0.3, 0.4) is 0 Å². The maximum absolute atomic E-state index is 2.39. The van der Waals surface area contributed by atoms with Gasteiger partial charge in [0, 0.05) is 0 Å². The van der Waals surface area contributed by atoms with Crippen LogP contribution in [0.2, 0.25) is 0 Å². The molecule has 14 heavy (non-hydrogen) atoms. The molecule has 74 valence electrons. The van der Waals surface area contributed by atoms with Gasteiger partial charge in [0.2, 0.25) is 0 Å². The van der Waals surface area contributed by atoms with Crippen LogP contribution in [-0.4, -0.2) is 11.3 Å². The fraction of sp³-hybridized carbons (Fsp3) is 0.538. The van der Waals surface area contributed by atoms with E-state index in [1.165, 1.54) is 31.2 Å². The summed E-state index contributed by atoms with van der Waals surface area (Å²) in [5.74, 6) is 0. The van der Waals surface area contributed by atoms with Crippen molar-refractivity contribution in [2.45, 2.75) is 43.9 Å². The van der Waals surface area contributed by atoms with Gasteiger partial charge in [-0.2, -0.15) is 0 Å². The second-order valence-electron chi connectivity index (χ2n) is 4.66. The zero-order valence-corrected chi connectivity index (χ0v) is 9.63. The van der Waals surface area contributed by atoms with E-state index in [0.717, 1.165) is 11.3 Å². The second-order valence-corrected chi connectivity index (χ2v) is 7.41. The molecule has 0 spiro atoms. The molecule has 1 heteroatoms. The first kappa shape index (κ1) is 8.92. The van der Waals surface area contributed by atoms with Crippen molar-refractivity contribution in [3.63, 3.8) is 0 Å². The molecular weight excluding hydrogens is 187 g/mol. The molecule has 0 saturated heterocycles. The minimum absolute atomic E-state index is 0.228. The van der Waals surface area contributed by atoms with Gasteiger partial charge in [0.15, 0.2) is 0 Å². The standard InChI is InChI=1S/C13H17P/c1-10-4-2-3-5-13(10)14(11-6-7-11)12-8-9-12/h2-5,11-12H,6-9H2,1H3. The Kier molecular flexibility index (Phi) is 2.13. The summed E-state index contributed by atoms with van der Waals surface area (Å²) in [5.41, 5.74) is 3.73. The van der Waals surface area contributed by atoms with E-state index in [4.69, 9.17) is 0 Å². The van der Waals surface area contributed by atoms with Crippen molar-refractivity contribution in [1.29, 1.82) is 0 Å². The van der Waals surface area contributed by atoms with E-state index in [1.54, 1.807) is 5.30 Å². The van der Waals surface area contributed by atoms with Crippen LogP contribution in [0.5, 0.6) is 0 Å². The molecule has 0 atom stereocenters. The van der Waals surface area contributed by atoms with E-state index < -0.39 is 0 Å². The van der Waals surface area contributed by atoms with E-state index in [9.17, 15) is 0 Å². The summed E-state index contributed by atoms with van der Waals surface area (Å²) in [6.07, 6.45) is 6.04. The van der Waals surface area contributed by atoms with Gasteiger partial charge in [0.25, 0.3) is 0 Å². The predicted molar refractivity (Wildman–Crippen MR) is 63.8 cm³/mol. The third kappa shape index (κ3) is 1.61. The minimum atomic E-state index is 0.228. The molecule has 0 amide bonds. The SMILES string of the molecule is Cc1ccccc1P(C1CC1)C1CC1. The van der Waals surface area contributed by atoms with Gasteiger partial charge in [0.05, 0.1) is 0 Å². The Morgan fingerprint density at radius 3 is 2.07 bits per heavy atom. The molecule has 0 radical (unpaired) electrons. The van der Waals surface area contributed by atoms with E-state index >= 15 is 0 Å². The molecule has 2 saturated carbocycles. The summed E-state index contributed by atoms with van der Waals surface area (Å²) in [6.45, 7) is 2.29. The Labute approximate surface area is 87.5 Å². The summed E-state index contributed by atoms with van der Waals surface area (Å²) in [6, 6.07) is 9.07. The molecule has 0 unspecified atom stereocenters. The molecule has 0 bridgehead atoms. The lowest BCUT2D eigenvalue weighted by molar-refractivity contribution is 1.37. The summed E-state index contributed by atoms with van der Waals surface area (Å²) in [4.78, 5) is 0. The Morgan fingerprint density at radius 2 is 1.57 bits per heavy atom. The van der Waals surface area contributed by atoms with E-state index in [-0.39, 0.29) is 7.92 Å². The van der Waals surface area contributed by atoms with Gasteiger partial charge < -0.3 is 0 Å². The topological polar surface area (TPSA) is 0 Å². The maximum Gasteiger partial charge on any atom is -0.0166 e. The minimum Gasteiger partial charge on any atom is -0.0687 e. The van der Waals surface area contributed by atoms with Crippen molar-refractivity contribution in [3.05, 3.63) is 29.8 Å². The zero-order chi connectivity index (χ0) is 9.54. The quantitative estimate of drug-likeness (QED) is 0.662. The van der Waals surface area contributed by atoms with Gasteiger partial charge in [0.1, 0.15) is 0 Å². The van der Waals surface area contributed by atoms with E-state index in [1.807, 2.05) is 0 Å². The second kappa shape index (κ2) is 3.35. The molecule has 1 aromatic rings. The highest BCUT2D eigenvalue weighted by molar-refractivity contribution is 7.67. The molecule has 3 rings (SSSR count). The van der Waals surface area contributed by atoms with Gasteiger partial charge in [-0.1, -0.05) is 32.2 Å². The monoisotopic (exact) mass is 204 g/mol. The lowest BCUT2D eigenvalue weighted by atomic mass is 10.2. The van der Waals surface area contributed by atoms with Crippen LogP contribution in [0.4, 0.5) is 0 Å². The molecule has 0 heterocycles. The maximum atomic E-state index is 2.39. The number of hydrogen-bond acceptors (Lipinski definition) is 0. The van der Waals surface area contributed by atoms with Crippen molar-refractivity contribution in [2.24, 2.45) is 0 Å². The van der Waals surface area contributed by atoms with Crippen molar-refractivity contribution >= 4 is 13.2 Å². The summed E-state index contributed by atoms with van der Waals surface area (Å²) >= 11 is 0. The van der Waals surface area contributed by atoms with Crippen LogP contribution in [0.15, 0.2) is 24.3 Å². The number of benzene rings is 1. The molecule has 0 nitrogen and oxygen atoms in total. The highest BCUT2D eigenvalue weighted by Crippen LogP contribution is 2.63. The first-order valence-electron chi connectivity index (χ1n) is 5.70. The molecule has 0 aliphatic heterocycles. The Balaban J connectivity index is 1.93. The molecule has 2 fully saturated rings. The molecule has 2 aliphatic rings. The Hall–Kier alpha value is -0.350. The number of aryl methyl sites for hydroxylation is 1. The first-order valence-corrected chi connectivity index (χ1v) is 7.18. The lowest BCUT2D eigenvalue weighted by Gasteiger charge is -2.18. The average molecular weight is 204 g/mol. The number of rotatable bonds is 3. The predicted octanol–water partition coefficient (Wildman–Crippen LogP) is 3.43. The molecule has 2 aliphatic carbocycles. The Morgan fingerprint density at radius 1 is 1.00 bits per heavy atom. The van der Waals surface area contributed by atoms with Gasteiger partial charge in [-0.25, -0.2) is 0 Å². The summed E-state index contributed by atoms with van der Waals surface area (Å²) < 4.78 is 0. The Bertz CT molecular complexity index is 325. The van der Waals surface area contributed by atoms with Crippen molar-refractivity contribution in [3.8, 4) is 0 Å². The molecular formula is C13H17P. The average Bonchev–Trinajstić information content (AvgIpc) is 2.99. The normalized spacial score (nSPS) is 21.6. The van der Waals surface area contributed by atoms with Crippen LogP contribution in [0.25, 0.3) is 0 Å². The molecule has 0 aromatic heterocycles. The number of hydrogen-bond donors (Lipinski definition) is 0. The first-order chi connectivity index (χ1) is 6.86. The van der Waals surface area contributed by atoms with E-state index in [0.29, 0.717) is 0 Å². The van der Waals surface area contributed by atoms with E-state index in [2.05, 4.69) is 31.2 Å². The smallest absolute Gasteiger partial charge is 0.0166 e. The van der Waals surface area contributed by atoms with Gasteiger partial charge in [-0.15, -0.1) is 0 Å². The zero-order valence-electron chi connectivity index (χ0n) is 8.74. The highest BCUT2D eigenvalue weighted by atomic mass is 31.1. The third-order valence-corrected chi connectivity index (χ3v) is 6.94. The van der Waals surface area contributed by atoms with Crippen molar-refractivity contribution in [1.82, 2.24) is 0 Å². The van der Waals surface area contributed by atoms with Gasteiger partial charge >= 0.3 is 0 Å². The van der Waals surface area contributed by atoms with Crippen LogP contribution >= 0.6 is 7.92 Å². The fourth-order valence-corrected chi connectivity index (χ4v) is 5.78. The summed E-state index contributed by atoms with van der Waals surface area (Å²) in [5, 5.41) is 1.72. The van der Waals surface area contributed by atoms with Crippen molar-refractivity contribution < 1.29 is 0 Å². The lowest BCUT2D eigenvalue weighted by Crippen LogP contribution is -2.10. The third-order valence-electron chi connectivity index (χ3n) is 3.27. The highest BCUT2D eigenvalue weighted by Gasteiger charge is 2.42. The molecule has 0 N–H and O–H groups in total. The van der Waals surface area contributed by atoms with Crippen molar-refractivity contribution in [2.75, 3.05) is 0 Å². The van der Waals surface area contributed by atoms with Crippen LogP contribution in [0, 0.1) is 6.92 Å².